The molecule has 1 aliphatic rings. The van der Waals surface area contributed by atoms with Gasteiger partial charge in [0.25, 0.3) is 0 Å². The minimum Gasteiger partial charge on any atom is -0.456 e. The Labute approximate surface area is 158 Å². The highest BCUT2D eigenvalue weighted by Gasteiger charge is 2.17. The molecule has 4 aromatic carbocycles. The van der Waals surface area contributed by atoms with E-state index >= 15 is 0 Å². The van der Waals surface area contributed by atoms with E-state index in [2.05, 4.69) is 73.3 Å². The van der Waals surface area contributed by atoms with Gasteiger partial charge in [-0.3, -0.25) is 0 Å². The highest BCUT2D eigenvalue weighted by atomic mass is 16.5. The van der Waals surface area contributed by atoms with Gasteiger partial charge < -0.3 is 4.74 Å². The highest BCUT2D eigenvalue weighted by molar-refractivity contribution is 5.86. The van der Waals surface area contributed by atoms with Gasteiger partial charge >= 0.3 is 0 Å². The predicted octanol–water partition coefficient (Wildman–Crippen LogP) is 5.37. The zero-order valence-corrected chi connectivity index (χ0v) is 14.9. The number of hydrogen-bond acceptors (Lipinski definition) is 1. The van der Waals surface area contributed by atoms with E-state index in [1.165, 1.54) is 0 Å². The van der Waals surface area contributed by atoms with Crippen LogP contribution in [0.2, 0.25) is 0 Å². The zero-order chi connectivity index (χ0) is 18.2. The lowest BCUT2D eigenvalue weighted by Crippen LogP contribution is -2.29. The van der Waals surface area contributed by atoms with Crippen molar-refractivity contribution in [3.8, 4) is 33.8 Å². The number of hydrogen-bond donors (Lipinski definition) is 0. The van der Waals surface area contributed by atoms with Crippen LogP contribution in [0.1, 0.15) is 5.56 Å². The molecule has 1 heteroatoms. The first kappa shape index (κ1) is 15.7. The van der Waals surface area contributed by atoms with Gasteiger partial charge in [-0.2, -0.15) is 0 Å². The van der Waals surface area contributed by atoms with Crippen molar-refractivity contribution < 1.29 is 4.74 Å². The Bertz CT molecular complexity index is 1240. The maximum Gasteiger partial charge on any atom is 0.135 e. The molecule has 5 rings (SSSR count). The minimum atomic E-state index is 0.859. The predicted molar refractivity (Wildman–Crippen MR) is 112 cm³/mol. The molecule has 0 N–H and O–H groups in total. The second kappa shape index (κ2) is 6.30. The van der Waals surface area contributed by atoms with Gasteiger partial charge in [-0.05, 0) is 45.7 Å². The van der Waals surface area contributed by atoms with Crippen molar-refractivity contribution in [1.29, 1.82) is 0 Å². The highest BCUT2D eigenvalue weighted by Crippen LogP contribution is 2.34. The Kier molecular flexibility index (Phi) is 3.65. The topological polar surface area (TPSA) is 9.23 Å². The van der Waals surface area contributed by atoms with Crippen LogP contribution < -0.4 is 15.2 Å². The SMILES string of the molecule is C=c1c(-c2ccccc2)c(-c2ccccc2)cc2c1=Cc1ccccc1O2. The van der Waals surface area contributed by atoms with Crippen LogP contribution in [0, 0.1) is 0 Å². The van der Waals surface area contributed by atoms with Crippen molar-refractivity contribution in [2.24, 2.45) is 0 Å². The maximum atomic E-state index is 6.24. The molecule has 0 unspecified atom stereocenters. The molecule has 27 heavy (non-hydrogen) atoms. The molecule has 1 nitrogen and oxygen atoms in total. The molecule has 0 amide bonds. The Morgan fingerprint density at radius 3 is 2.00 bits per heavy atom. The van der Waals surface area contributed by atoms with Crippen LogP contribution in [0.15, 0.2) is 91.0 Å². The Morgan fingerprint density at radius 1 is 0.630 bits per heavy atom. The zero-order valence-electron chi connectivity index (χ0n) is 14.9. The molecule has 0 aliphatic carbocycles. The number of para-hydroxylation sites is 1. The number of ether oxygens (including phenoxy) is 1. The van der Waals surface area contributed by atoms with Crippen LogP contribution in [-0.2, 0) is 0 Å². The molecule has 0 fully saturated rings. The summed E-state index contributed by atoms with van der Waals surface area (Å²) < 4.78 is 6.24. The van der Waals surface area contributed by atoms with E-state index in [0.29, 0.717) is 0 Å². The standard InChI is InChI=1S/C26H18O/c1-18-22-16-21-14-8-9-15-24(21)27-25(22)17-23(19-10-4-2-5-11-19)26(18)20-12-6-3-7-13-20/h2-17H,1H2. The van der Waals surface area contributed by atoms with Crippen LogP contribution in [0.25, 0.3) is 34.9 Å². The molecule has 0 spiro atoms. The lowest BCUT2D eigenvalue weighted by molar-refractivity contribution is 0.473. The monoisotopic (exact) mass is 346 g/mol. The average Bonchev–Trinajstić information content (AvgIpc) is 2.74. The fourth-order valence-corrected chi connectivity index (χ4v) is 3.72. The molecule has 0 radical (unpaired) electrons. The fourth-order valence-electron chi connectivity index (χ4n) is 3.72. The van der Waals surface area contributed by atoms with Gasteiger partial charge in [-0.1, -0.05) is 85.4 Å². The first-order valence-electron chi connectivity index (χ1n) is 9.07. The van der Waals surface area contributed by atoms with Gasteiger partial charge in [-0.25, -0.2) is 0 Å². The van der Waals surface area contributed by atoms with Gasteiger partial charge in [0.1, 0.15) is 11.5 Å². The summed E-state index contributed by atoms with van der Waals surface area (Å²) in [5, 5.41) is 2.04. The van der Waals surface area contributed by atoms with E-state index in [1.54, 1.807) is 0 Å². The van der Waals surface area contributed by atoms with Crippen LogP contribution in [-0.4, -0.2) is 0 Å². The molecular formula is C26H18O. The second-order valence-electron chi connectivity index (χ2n) is 6.71. The summed E-state index contributed by atoms with van der Waals surface area (Å²) in [6.45, 7) is 4.46. The van der Waals surface area contributed by atoms with Crippen LogP contribution in [0.3, 0.4) is 0 Å². The normalized spacial score (nSPS) is 11.7. The molecule has 0 atom stereocenters. The molecule has 0 saturated heterocycles. The average molecular weight is 346 g/mol. The van der Waals surface area contributed by atoms with Crippen molar-refractivity contribution in [2.75, 3.05) is 0 Å². The van der Waals surface area contributed by atoms with E-state index in [4.69, 9.17) is 4.74 Å². The van der Waals surface area contributed by atoms with Crippen LogP contribution in [0.4, 0.5) is 0 Å². The smallest absolute Gasteiger partial charge is 0.135 e. The lowest BCUT2D eigenvalue weighted by atomic mass is 9.91. The van der Waals surface area contributed by atoms with Gasteiger partial charge in [0.2, 0.25) is 0 Å². The molecule has 128 valence electrons. The minimum absolute atomic E-state index is 0.859. The third kappa shape index (κ3) is 2.65. The van der Waals surface area contributed by atoms with Gasteiger partial charge in [0, 0.05) is 10.8 Å². The van der Waals surface area contributed by atoms with Crippen LogP contribution in [0.5, 0.6) is 11.5 Å². The summed E-state index contributed by atoms with van der Waals surface area (Å²) in [6, 6.07) is 31.1. The van der Waals surface area contributed by atoms with E-state index in [0.717, 1.165) is 49.8 Å². The quantitative estimate of drug-likeness (QED) is 0.418. The molecular weight excluding hydrogens is 328 g/mol. The van der Waals surface area contributed by atoms with Gasteiger partial charge in [0.15, 0.2) is 0 Å². The van der Waals surface area contributed by atoms with E-state index in [9.17, 15) is 0 Å². The van der Waals surface area contributed by atoms with Gasteiger partial charge in [0.05, 0.1) is 0 Å². The molecule has 4 aromatic rings. The molecule has 0 aromatic heterocycles. The second-order valence-corrected chi connectivity index (χ2v) is 6.71. The summed E-state index contributed by atoms with van der Waals surface area (Å²) in [5.74, 6) is 1.74. The lowest BCUT2D eigenvalue weighted by Gasteiger charge is -2.19. The third-order valence-corrected chi connectivity index (χ3v) is 5.02. The maximum absolute atomic E-state index is 6.24. The molecule has 1 heterocycles. The first-order chi connectivity index (χ1) is 13.3. The van der Waals surface area contributed by atoms with Crippen molar-refractivity contribution in [2.45, 2.75) is 0 Å². The largest absolute Gasteiger partial charge is 0.456 e. The summed E-state index contributed by atoms with van der Waals surface area (Å²) in [4.78, 5) is 0. The molecule has 0 saturated carbocycles. The Balaban J connectivity index is 1.87. The number of benzene rings is 4. The number of fused-ring (bicyclic) bond motifs is 2. The Morgan fingerprint density at radius 2 is 1.26 bits per heavy atom. The van der Waals surface area contributed by atoms with E-state index in [1.807, 2.05) is 30.3 Å². The summed E-state index contributed by atoms with van der Waals surface area (Å²) >= 11 is 0. The van der Waals surface area contributed by atoms with Crippen LogP contribution >= 0.6 is 0 Å². The molecule has 0 bridgehead atoms. The van der Waals surface area contributed by atoms with Crippen molar-refractivity contribution >= 4 is 12.7 Å². The van der Waals surface area contributed by atoms with Crippen molar-refractivity contribution in [3.63, 3.8) is 0 Å². The van der Waals surface area contributed by atoms with Crippen molar-refractivity contribution in [3.05, 3.63) is 107 Å². The summed E-state index contributed by atoms with van der Waals surface area (Å²) in [5.41, 5.74) is 5.70. The van der Waals surface area contributed by atoms with E-state index < -0.39 is 0 Å². The molecule has 1 aliphatic heterocycles. The van der Waals surface area contributed by atoms with E-state index in [-0.39, 0.29) is 0 Å². The number of rotatable bonds is 2. The third-order valence-electron chi connectivity index (χ3n) is 5.02. The summed E-state index contributed by atoms with van der Waals surface area (Å²) in [6.07, 6.45) is 2.18. The van der Waals surface area contributed by atoms with Gasteiger partial charge in [-0.15, -0.1) is 0 Å². The fraction of sp³-hybridized carbons (Fsp3) is 0. The summed E-state index contributed by atoms with van der Waals surface area (Å²) in [7, 11) is 0. The first-order valence-corrected chi connectivity index (χ1v) is 9.07. The Hall–Kier alpha value is -3.58. The van der Waals surface area contributed by atoms with Crippen molar-refractivity contribution in [1.82, 2.24) is 0 Å².